The van der Waals surface area contributed by atoms with E-state index in [1.807, 2.05) is 29.2 Å². The molecule has 1 saturated heterocycles. The number of hydrogen-bond donors (Lipinski definition) is 0. The van der Waals surface area contributed by atoms with Crippen LogP contribution in [0.3, 0.4) is 0 Å². The first-order chi connectivity index (χ1) is 16.7. The maximum Gasteiger partial charge on any atom is 0.324 e. The summed E-state index contributed by atoms with van der Waals surface area (Å²) in [5.41, 5.74) is -0.828. The summed E-state index contributed by atoms with van der Waals surface area (Å²) in [5, 5.41) is 3.86. The van der Waals surface area contributed by atoms with Gasteiger partial charge in [0.2, 0.25) is 0 Å². The second-order valence-corrected chi connectivity index (χ2v) is 10.1. The van der Waals surface area contributed by atoms with Crippen molar-refractivity contribution >= 4 is 33.6 Å². The highest BCUT2D eigenvalue weighted by Gasteiger charge is 2.31. The molecule has 10 heteroatoms. The van der Waals surface area contributed by atoms with E-state index in [-0.39, 0.29) is 23.8 Å². The molecule has 35 heavy (non-hydrogen) atoms. The van der Waals surface area contributed by atoms with Crippen molar-refractivity contribution in [3.05, 3.63) is 40.5 Å². The van der Waals surface area contributed by atoms with E-state index in [1.165, 1.54) is 13.8 Å². The lowest BCUT2D eigenvalue weighted by atomic mass is 9.97. The van der Waals surface area contributed by atoms with Crippen LogP contribution < -0.4 is 4.90 Å². The van der Waals surface area contributed by atoms with E-state index >= 15 is 0 Å². The van der Waals surface area contributed by atoms with Gasteiger partial charge in [-0.15, -0.1) is 0 Å². The number of nitrogens with zero attached hydrogens (tertiary/aromatic N) is 4. The molecule has 1 aliphatic rings. The SMILES string of the molecule is CCOC(=O)C1CCN(C(=O)N(CCCCCc2noc(C(C)(C)F)n2)c2cccc(Br)c2)CC1. The fourth-order valence-electron chi connectivity index (χ4n) is 4.04. The molecule has 1 aromatic heterocycles. The van der Waals surface area contributed by atoms with Gasteiger partial charge in [0.05, 0.1) is 12.5 Å². The number of halogens is 2. The normalized spacial score (nSPS) is 14.7. The summed E-state index contributed by atoms with van der Waals surface area (Å²) < 4.78 is 25.0. The number of urea groups is 1. The number of esters is 1. The molecule has 0 aliphatic carbocycles. The third-order valence-corrected chi connectivity index (χ3v) is 6.49. The Labute approximate surface area is 214 Å². The van der Waals surface area contributed by atoms with Crippen LogP contribution in [0.25, 0.3) is 0 Å². The molecule has 1 aliphatic heterocycles. The first-order valence-corrected chi connectivity index (χ1v) is 13.0. The first kappa shape index (κ1) is 27.1. The number of piperidine rings is 1. The number of carbonyl (C=O) groups is 2. The molecular formula is C25H34BrFN4O4. The topological polar surface area (TPSA) is 88.8 Å². The molecule has 0 spiro atoms. The molecule has 0 radical (unpaired) electrons. The van der Waals surface area contributed by atoms with Crippen LogP contribution in [-0.4, -0.2) is 53.3 Å². The summed E-state index contributed by atoms with van der Waals surface area (Å²) in [6, 6.07) is 7.64. The zero-order chi connectivity index (χ0) is 25.4. The molecule has 0 atom stereocenters. The number of rotatable bonds is 10. The number of carbonyl (C=O) groups excluding carboxylic acids is 2. The number of hydrogen-bond acceptors (Lipinski definition) is 6. The summed E-state index contributed by atoms with van der Waals surface area (Å²) in [7, 11) is 0. The van der Waals surface area contributed by atoms with Crippen LogP contribution in [0, 0.1) is 5.92 Å². The zero-order valence-corrected chi connectivity index (χ0v) is 22.2. The monoisotopic (exact) mass is 552 g/mol. The third kappa shape index (κ3) is 7.75. The number of ether oxygens (including phenoxy) is 1. The van der Waals surface area contributed by atoms with Crippen molar-refractivity contribution in [2.24, 2.45) is 5.92 Å². The molecule has 1 fully saturated rings. The largest absolute Gasteiger partial charge is 0.466 e. The maximum atomic E-state index is 13.9. The molecule has 3 rings (SSSR count). The van der Waals surface area contributed by atoms with Gasteiger partial charge in [-0.3, -0.25) is 9.69 Å². The molecule has 0 bridgehead atoms. The Morgan fingerprint density at radius 1 is 1.26 bits per heavy atom. The van der Waals surface area contributed by atoms with Crippen molar-refractivity contribution in [3.63, 3.8) is 0 Å². The van der Waals surface area contributed by atoms with Crippen molar-refractivity contribution in [1.82, 2.24) is 15.0 Å². The molecule has 0 N–H and O–H groups in total. The van der Waals surface area contributed by atoms with Crippen LogP contribution >= 0.6 is 15.9 Å². The Morgan fingerprint density at radius 2 is 2.00 bits per heavy atom. The van der Waals surface area contributed by atoms with Gasteiger partial charge in [-0.1, -0.05) is 33.6 Å². The van der Waals surface area contributed by atoms with Crippen molar-refractivity contribution in [2.75, 3.05) is 31.1 Å². The Hall–Kier alpha value is -2.49. The second kappa shape index (κ2) is 12.5. The number of unbranched alkanes of at least 4 members (excludes halogenated alkanes) is 2. The molecule has 0 unspecified atom stereocenters. The van der Waals surface area contributed by atoms with Crippen LogP contribution in [0.4, 0.5) is 14.9 Å². The Kier molecular flexibility index (Phi) is 9.65. The highest BCUT2D eigenvalue weighted by molar-refractivity contribution is 9.10. The smallest absolute Gasteiger partial charge is 0.324 e. The lowest BCUT2D eigenvalue weighted by Gasteiger charge is -2.35. The second-order valence-electron chi connectivity index (χ2n) is 9.23. The van der Waals surface area contributed by atoms with Crippen LogP contribution in [0.1, 0.15) is 64.6 Å². The van der Waals surface area contributed by atoms with Gasteiger partial charge in [-0.25, -0.2) is 9.18 Å². The number of aromatic nitrogens is 2. The maximum absolute atomic E-state index is 13.9. The Bertz CT molecular complexity index is 986. The minimum Gasteiger partial charge on any atom is -0.466 e. The molecule has 2 amide bonds. The minimum absolute atomic E-state index is 0.00865. The zero-order valence-electron chi connectivity index (χ0n) is 20.6. The van der Waals surface area contributed by atoms with E-state index in [4.69, 9.17) is 9.26 Å². The summed E-state index contributed by atoms with van der Waals surface area (Å²) in [6.45, 7) is 6.55. The molecular weight excluding hydrogens is 519 g/mol. The predicted octanol–water partition coefficient (Wildman–Crippen LogP) is 5.65. The molecule has 0 saturated carbocycles. The van der Waals surface area contributed by atoms with Gasteiger partial charge in [0.1, 0.15) is 0 Å². The summed E-state index contributed by atoms with van der Waals surface area (Å²) in [5.74, 6) is 0.167. The van der Waals surface area contributed by atoms with Crippen LogP contribution in [0.15, 0.2) is 33.3 Å². The molecule has 8 nitrogen and oxygen atoms in total. The number of benzene rings is 1. The lowest BCUT2D eigenvalue weighted by molar-refractivity contribution is -0.149. The van der Waals surface area contributed by atoms with Crippen LogP contribution in [0.2, 0.25) is 0 Å². The van der Waals surface area contributed by atoms with E-state index in [2.05, 4.69) is 26.1 Å². The van der Waals surface area contributed by atoms with Gasteiger partial charge in [-0.05, 0) is 64.7 Å². The lowest BCUT2D eigenvalue weighted by Crippen LogP contribution is -2.48. The molecule has 2 aromatic rings. The number of alkyl halides is 1. The van der Waals surface area contributed by atoms with Crippen molar-refractivity contribution in [2.45, 2.75) is 65.0 Å². The number of aryl methyl sites for hydroxylation is 1. The van der Waals surface area contributed by atoms with Crippen molar-refractivity contribution < 1.29 is 23.2 Å². The van der Waals surface area contributed by atoms with E-state index < -0.39 is 5.67 Å². The average molecular weight is 553 g/mol. The Morgan fingerprint density at radius 3 is 2.63 bits per heavy atom. The van der Waals surface area contributed by atoms with Gasteiger partial charge in [-0.2, -0.15) is 4.98 Å². The minimum atomic E-state index is -1.65. The first-order valence-electron chi connectivity index (χ1n) is 12.2. The van der Waals surface area contributed by atoms with Gasteiger partial charge < -0.3 is 14.2 Å². The summed E-state index contributed by atoms with van der Waals surface area (Å²) in [4.78, 5) is 33.2. The van der Waals surface area contributed by atoms with Crippen LogP contribution in [0.5, 0.6) is 0 Å². The van der Waals surface area contributed by atoms with Gasteiger partial charge in [0, 0.05) is 36.2 Å². The molecule has 1 aromatic carbocycles. The highest BCUT2D eigenvalue weighted by Crippen LogP contribution is 2.26. The molecule has 192 valence electrons. The third-order valence-electron chi connectivity index (χ3n) is 5.99. The fourth-order valence-corrected chi connectivity index (χ4v) is 4.43. The van der Waals surface area contributed by atoms with Crippen molar-refractivity contribution in [3.8, 4) is 0 Å². The van der Waals surface area contributed by atoms with E-state index in [0.717, 1.165) is 29.4 Å². The van der Waals surface area contributed by atoms with E-state index in [9.17, 15) is 14.0 Å². The summed E-state index contributed by atoms with van der Waals surface area (Å²) in [6.07, 6.45) is 4.25. The van der Waals surface area contributed by atoms with Crippen LogP contribution in [-0.2, 0) is 21.6 Å². The van der Waals surface area contributed by atoms with E-state index in [1.54, 1.807) is 11.8 Å². The number of amides is 2. The summed E-state index contributed by atoms with van der Waals surface area (Å²) >= 11 is 3.50. The average Bonchev–Trinajstić information content (AvgIpc) is 3.31. The standard InChI is InChI=1S/C25H34BrFN4O4/c1-4-34-22(32)18-12-15-30(16-13-18)24(33)31(20-10-8-9-19(26)17-20)14-7-5-6-11-21-28-23(35-29-21)25(2,3)27/h8-10,17-18H,4-7,11-16H2,1-3H3. The number of likely N-dealkylation sites (tertiary alicyclic amines) is 1. The predicted molar refractivity (Wildman–Crippen MR) is 134 cm³/mol. The van der Waals surface area contributed by atoms with Gasteiger partial charge in [0.25, 0.3) is 5.89 Å². The molecule has 2 heterocycles. The highest BCUT2D eigenvalue weighted by atomic mass is 79.9. The number of anilines is 1. The van der Waals surface area contributed by atoms with Gasteiger partial charge in [0.15, 0.2) is 11.5 Å². The quantitative estimate of drug-likeness (QED) is 0.279. The van der Waals surface area contributed by atoms with Crippen molar-refractivity contribution in [1.29, 1.82) is 0 Å². The fraction of sp³-hybridized carbons (Fsp3) is 0.600. The Balaban J connectivity index is 1.55. The van der Waals surface area contributed by atoms with E-state index in [0.29, 0.717) is 51.3 Å². The van der Waals surface area contributed by atoms with Gasteiger partial charge >= 0.3 is 12.0 Å².